The van der Waals surface area contributed by atoms with Crippen LogP contribution in [0.5, 0.6) is 0 Å². The molecule has 1 aromatic rings. The van der Waals surface area contributed by atoms with Crippen LogP contribution in [0, 0.1) is 11.2 Å². The van der Waals surface area contributed by atoms with E-state index in [4.69, 9.17) is 0 Å². The van der Waals surface area contributed by atoms with Gasteiger partial charge in [0.15, 0.2) is 0 Å². The normalized spacial score (nSPS) is 13.1. The summed E-state index contributed by atoms with van der Waals surface area (Å²) in [5, 5.41) is 12.7. The van der Waals surface area contributed by atoms with Gasteiger partial charge in [0.2, 0.25) is 5.91 Å². The molecule has 3 nitrogen and oxygen atoms in total. The minimum Gasteiger partial charge on any atom is -0.388 e. The quantitative estimate of drug-likeness (QED) is 0.862. The fourth-order valence-corrected chi connectivity index (χ4v) is 1.74. The number of aliphatic hydroxyl groups is 1. The molecule has 1 aromatic carbocycles. The third kappa shape index (κ3) is 6.34. The van der Waals surface area contributed by atoms with Crippen molar-refractivity contribution in [2.24, 2.45) is 5.41 Å². The SMILES string of the molecule is CC(C)(C)CC(=O)NCCC(O)c1ccc(F)cc1. The van der Waals surface area contributed by atoms with Crippen molar-refractivity contribution < 1.29 is 14.3 Å². The minimum atomic E-state index is -0.685. The molecule has 0 aliphatic rings. The number of halogens is 1. The summed E-state index contributed by atoms with van der Waals surface area (Å²) in [6.07, 6.45) is 0.191. The first-order valence-corrected chi connectivity index (χ1v) is 6.48. The third-order valence-electron chi connectivity index (χ3n) is 2.69. The molecule has 0 aliphatic carbocycles. The van der Waals surface area contributed by atoms with E-state index >= 15 is 0 Å². The highest BCUT2D eigenvalue weighted by atomic mass is 19.1. The molecular formula is C15H22FNO2. The van der Waals surface area contributed by atoms with Crippen LogP contribution in [0.25, 0.3) is 0 Å². The van der Waals surface area contributed by atoms with Gasteiger partial charge < -0.3 is 10.4 Å². The van der Waals surface area contributed by atoms with Gasteiger partial charge in [-0.15, -0.1) is 0 Å². The first-order chi connectivity index (χ1) is 8.78. The molecule has 0 saturated heterocycles. The summed E-state index contributed by atoms with van der Waals surface area (Å²) in [6.45, 7) is 6.41. The Hall–Kier alpha value is -1.42. The number of carbonyl (C=O) groups is 1. The lowest BCUT2D eigenvalue weighted by molar-refractivity contribution is -0.122. The maximum atomic E-state index is 12.7. The Bertz CT molecular complexity index is 409. The molecule has 0 fully saturated rings. The van der Waals surface area contributed by atoms with E-state index in [1.54, 1.807) is 12.1 Å². The zero-order valence-electron chi connectivity index (χ0n) is 11.7. The molecule has 19 heavy (non-hydrogen) atoms. The molecule has 0 bridgehead atoms. The molecule has 0 aliphatic heterocycles. The number of aliphatic hydroxyl groups excluding tert-OH is 1. The van der Waals surface area contributed by atoms with Crippen LogP contribution in [0.15, 0.2) is 24.3 Å². The van der Waals surface area contributed by atoms with Gasteiger partial charge in [0.05, 0.1) is 6.10 Å². The number of amides is 1. The molecule has 0 spiro atoms. The van der Waals surface area contributed by atoms with Crippen molar-refractivity contribution in [3.63, 3.8) is 0 Å². The van der Waals surface area contributed by atoms with E-state index in [2.05, 4.69) is 5.32 Å². The molecule has 0 saturated carbocycles. The van der Waals surface area contributed by atoms with Crippen molar-refractivity contribution in [3.8, 4) is 0 Å². The zero-order valence-corrected chi connectivity index (χ0v) is 11.7. The van der Waals surface area contributed by atoms with Crippen LogP contribution < -0.4 is 5.32 Å². The van der Waals surface area contributed by atoms with Crippen LogP contribution in [0.2, 0.25) is 0 Å². The lowest BCUT2D eigenvalue weighted by atomic mass is 9.92. The lowest BCUT2D eigenvalue weighted by Gasteiger charge is -2.18. The maximum absolute atomic E-state index is 12.7. The standard InChI is InChI=1S/C15H22FNO2/c1-15(2,3)10-14(19)17-9-8-13(18)11-4-6-12(16)7-5-11/h4-7,13,18H,8-10H2,1-3H3,(H,17,19). The lowest BCUT2D eigenvalue weighted by Crippen LogP contribution is -2.29. The minimum absolute atomic E-state index is 0.0150. The Balaban J connectivity index is 2.33. The Kier molecular flexibility index (Phi) is 5.48. The Morgan fingerprint density at radius 1 is 1.32 bits per heavy atom. The highest BCUT2D eigenvalue weighted by molar-refractivity contribution is 5.76. The van der Waals surface area contributed by atoms with E-state index in [0.717, 1.165) is 0 Å². The molecule has 4 heteroatoms. The predicted molar refractivity (Wildman–Crippen MR) is 73.1 cm³/mol. The van der Waals surface area contributed by atoms with Crippen molar-refractivity contribution >= 4 is 5.91 Å². The average molecular weight is 267 g/mol. The first-order valence-electron chi connectivity index (χ1n) is 6.48. The third-order valence-corrected chi connectivity index (χ3v) is 2.69. The van der Waals surface area contributed by atoms with E-state index in [-0.39, 0.29) is 17.1 Å². The Morgan fingerprint density at radius 2 is 1.89 bits per heavy atom. The summed E-state index contributed by atoms with van der Waals surface area (Å²) < 4.78 is 12.7. The molecule has 0 radical (unpaired) electrons. The number of benzene rings is 1. The smallest absolute Gasteiger partial charge is 0.220 e. The van der Waals surface area contributed by atoms with Gasteiger partial charge in [0.1, 0.15) is 5.82 Å². The van der Waals surface area contributed by atoms with Crippen molar-refractivity contribution in [3.05, 3.63) is 35.6 Å². The largest absolute Gasteiger partial charge is 0.388 e. The topological polar surface area (TPSA) is 49.3 Å². The van der Waals surface area contributed by atoms with E-state index in [1.165, 1.54) is 12.1 Å². The summed E-state index contributed by atoms with van der Waals surface area (Å²) >= 11 is 0. The molecule has 1 amide bonds. The summed E-state index contributed by atoms with van der Waals surface area (Å²) in [6, 6.07) is 5.74. The van der Waals surface area contributed by atoms with E-state index < -0.39 is 6.10 Å². The maximum Gasteiger partial charge on any atom is 0.220 e. The monoisotopic (exact) mass is 267 g/mol. The highest BCUT2D eigenvalue weighted by Gasteiger charge is 2.16. The zero-order chi connectivity index (χ0) is 14.5. The van der Waals surface area contributed by atoms with Crippen LogP contribution >= 0.6 is 0 Å². The number of carbonyl (C=O) groups excluding carboxylic acids is 1. The molecule has 0 heterocycles. The molecule has 1 rings (SSSR count). The molecule has 0 aromatic heterocycles. The van der Waals surface area contributed by atoms with Crippen molar-refractivity contribution in [2.45, 2.75) is 39.7 Å². The van der Waals surface area contributed by atoms with E-state index in [1.807, 2.05) is 20.8 Å². The van der Waals surface area contributed by atoms with Gasteiger partial charge in [-0.25, -0.2) is 4.39 Å². The fourth-order valence-electron chi connectivity index (χ4n) is 1.74. The number of hydrogen-bond donors (Lipinski definition) is 2. The summed E-state index contributed by atoms with van der Waals surface area (Å²) in [5.41, 5.74) is 0.617. The van der Waals surface area contributed by atoms with Gasteiger partial charge >= 0.3 is 0 Å². The fraction of sp³-hybridized carbons (Fsp3) is 0.533. The molecular weight excluding hydrogens is 245 g/mol. The van der Waals surface area contributed by atoms with Gasteiger partial charge in [-0.3, -0.25) is 4.79 Å². The van der Waals surface area contributed by atoms with Crippen LogP contribution in [0.3, 0.4) is 0 Å². The second-order valence-corrected chi connectivity index (χ2v) is 5.94. The summed E-state index contributed by atoms with van der Waals surface area (Å²) in [4.78, 5) is 11.6. The van der Waals surface area contributed by atoms with Gasteiger partial charge in [-0.1, -0.05) is 32.9 Å². The molecule has 2 N–H and O–H groups in total. The Labute approximate surface area is 113 Å². The molecule has 1 atom stereocenters. The van der Waals surface area contributed by atoms with E-state index in [9.17, 15) is 14.3 Å². The van der Waals surface area contributed by atoms with Crippen molar-refractivity contribution in [1.29, 1.82) is 0 Å². The van der Waals surface area contributed by atoms with Crippen LogP contribution in [0.4, 0.5) is 4.39 Å². The summed E-state index contributed by atoms with van der Waals surface area (Å²) in [7, 11) is 0. The van der Waals surface area contributed by atoms with Crippen LogP contribution in [-0.2, 0) is 4.79 Å². The van der Waals surface area contributed by atoms with Gasteiger partial charge in [0.25, 0.3) is 0 Å². The number of rotatable bonds is 5. The Morgan fingerprint density at radius 3 is 2.42 bits per heavy atom. The second kappa shape index (κ2) is 6.66. The van der Waals surface area contributed by atoms with Crippen molar-refractivity contribution in [1.82, 2.24) is 5.32 Å². The van der Waals surface area contributed by atoms with Gasteiger partial charge in [-0.2, -0.15) is 0 Å². The van der Waals surface area contributed by atoms with Crippen molar-refractivity contribution in [2.75, 3.05) is 6.54 Å². The summed E-state index contributed by atoms with van der Waals surface area (Å²) in [5.74, 6) is -0.340. The average Bonchev–Trinajstić information content (AvgIpc) is 2.27. The highest BCUT2D eigenvalue weighted by Crippen LogP contribution is 2.18. The number of hydrogen-bond acceptors (Lipinski definition) is 2. The molecule has 1 unspecified atom stereocenters. The number of nitrogens with one attached hydrogen (secondary N) is 1. The first kappa shape index (κ1) is 15.6. The molecule has 106 valence electrons. The van der Waals surface area contributed by atoms with Gasteiger partial charge in [-0.05, 0) is 29.5 Å². The second-order valence-electron chi connectivity index (χ2n) is 5.94. The van der Waals surface area contributed by atoms with E-state index in [0.29, 0.717) is 24.9 Å². The predicted octanol–water partition coefficient (Wildman–Crippen LogP) is 2.80. The van der Waals surface area contributed by atoms with Gasteiger partial charge in [0, 0.05) is 13.0 Å². The van der Waals surface area contributed by atoms with Crippen LogP contribution in [0.1, 0.15) is 45.3 Å². The van der Waals surface area contributed by atoms with Crippen LogP contribution in [-0.4, -0.2) is 17.6 Å².